The lowest BCUT2D eigenvalue weighted by molar-refractivity contribution is 0.0916. The Kier molecular flexibility index (Phi) is 5.65. The molecule has 0 aromatic heterocycles. The lowest BCUT2D eigenvalue weighted by Crippen LogP contribution is -2.30. The summed E-state index contributed by atoms with van der Waals surface area (Å²) in [6.45, 7) is -0.238. The van der Waals surface area contributed by atoms with Gasteiger partial charge in [0.1, 0.15) is 0 Å². The molecule has 21 heavy (non-hydrogen) atoms. The van der Waals surface area contributed by atoms with E-state index in [1.54, 1.807) is 36.4 Å². The van der Waals surface area contributed by atoms with Crippen molar-refractivity contribution in [1.29, 1.82) is 0 Å². The summed E-state index contributed by atoms with van der Waals surface area (Å²) < 4.78 is 0.810. The zero-order valence-corrected chi connectivity index (χ0v) is 13.9. The summed E-state index contributed by atoms with van der Waals surface area (Å²) in [4.78, 5) is 12.2. The molecule has 6 heteroatoms. The van der Waals surface area contributed by atoms with Crippen molar-refractivity contribution < 1.29 is 9.90 Å². The van der Waals surface area contributed by atoms with Gasteiger partial charge in [0.2, 0.25) is 0 Å². The van der Waals surface area contributed by atoms with Gasteiger partial charge in [0.25, 0.3) is 5.91 Å². The summed E-state index contributed by atoms with van der Waals surface area (Å²) in [6, 6.07) is 11.4. The van der Waals surface area contributed by atoms with Gasteiger partial charge in [-0.05, 0) is 35.9 Å². The van der Waals surface area contributed by atoms with Crippen LogP contribution in [-0.4, -0.2) is 17.6 Å². The minimum absolute atomic E-state index is 0.238. The number of nitrogens with one attached hydrogen (secondary N) is 1. The fourth-order valence-corrected chi connectivity index (χ4v) is 2.54. The number of carbonyl (C=O) groups excluding carboxylic acids is 1. The third kappa shape index (κ3) is 4.20. The molecule has 0 fully saturated rings. The number of rotatable bonds is 4. The summed E-state index contributed by atoms with van der Waals surface area (Å²) in [5.41, 5.74) is 1.19. The predicted octanol–water partition coefficient (Wildman–Crippen LogP) is 4.22. The molecular weight excluding hydrogens is 377 g/mol. The SMILES string of the molecule is O=C(NC(CO)c1ccc(Cl)c(Cl)c1)c1cccc(Br)c1. The van der Waals surface area contributed by atoms with Gasteiger partial charge in [0, 0.05) is 10.0 Å². The van der Waals surface area contributed by atoms with E-state index in [0.29, 0.717) is 21.2 Å². The van der Waals surface area contributed by atoms with E-state index < -0.39 is 6.04 Å². The second kappa shape index (κ2) is 7.27. The molecule has 1 amide bonds. The molecule has 1 atom stereocenters. The highest BCUT2D eigenvalue weighted by molar-refractivity contribution is 9.10. The van der Waals surface area contributed by atoms with Crippen LogP contribution in [0.5, 0.6) is 0 Å². The first-order valence-corrected chi connectivity index (χ1v) is 7.68. The summed E-state index contributed by atoms with van der Waals surface area (Å²) in [6.07, 6.45) is 0. The van der Waals surface area contributed by atoms with Gasteiger partial charge in [-0.2, -0.15) is 0 Å². The standard InChI is InChI=1S/C15H12BrCl2NO2/c16-11-3-1-2-10(6-11)15(21)19-14(8-20)9-4-5-12(17)13(18)7-9/h1-7,14,20H,8H2,(H,19,21). The van der Waals surface area contributed by atoms with Crippen molar-refractivity contribution in [2.24, 2.45) is 0 Å². The zero-order valence-electron chi connectivity index (χ0n) is 10.8. The monoisotopic (exact) mass is 387 g/mol. The average molecular weight is 389 g/mol. The molecule has 1 unspecified atom stereocenters. The van der Waals surface area contributed by atoms with Gasteiger partial charge in [-0.3, -0.25) is 4.79 Å². The van der Waals surface area contributed by atoms with Gasteiger partial charge in [-0.15, -0.1) is 0 Å². The number of aliphatic hydroxyl groups is 1. The van der Waals surface area contributed by atoms with Crippen LogP contribution in [0.3, 0.4) is 0 Å². The van der Waals surface area contributed by atoms with E-state index in [1.165, 1.54) is 0 Å². The van der Waals surface area contributed by atoms with Crippen LogP contribution in [0.15, 0.2) is 46.9 Å². The summed E-state index contributed by atoms with van der Waals surface area (Å²) in [5, 5.41) is 13.1. The predicted molar refractivity (Wildman–Crippen MR) is 87.9 cm³/mol. The second-order valence-corrected chi connectivity index (χ2v) is 6.12. The average Bonchev–Trinajstić information content (AvgIpc) is 2.47. The minimum Gasteiger partial charge on any atom is -0.394 e. The lowest BCUT2D eigenvalue weighted by atomic mass is 10.1. The molecule has 0 heterocycles. The molecule has 0 aliphatic rings. The topological polar surface area (TPSA) is 49.3 Å². The Morgan fingerprint density at radius 3 is 2.57 bits per heavy atom. The van der Waals surface area contributed by atoms with Crippen LogP contribution >= 0.6 is 39.1 Å². The van der Waals surface area contributed by atoms with Gasteiger partial charge < -0.3 is 10.4 Å². The van der Waals surface area contributed by atoms with Crippen molar-refractivity contribution in [3.63, 3.8) is 0 Å². The number of hydrogen-bond donors (Lipinski definition) is 2. The van der Waals surface area contributed by atoms with Crippen LogP contribution in [0, 0.1) is 0 Å². The van der Waals surface area contributed by atoms with Crippen molar-refractivity contribution in [2.75, 3.05) is 6.61 Å². The highest BCUT2D eigenvalue weighted by Crippen LogP contribution is 2.25. The van der Waals surface area contributed by atoms with Crippen LogP contribution in [0.4, 0.5) is 0 Å². The van der Waals surface area contributed by atoms with Crippen LogP contribution in [-0.2, 0) is 0 Å². The molecule has 110 valence electrons. The minimum atomic E-state index is -0.550. The normalized spacial score (nSPS) is 12.0. The largest absolute Gasteiger partial charge is 0.394 e. The molecule has 2 N–H and O–H groups in total. The quantitative estimate of drug-likeness (QED) is 0.823. The maximum Gasteiger partial charge on any atom is 0.251 e. The molecule has 0 spiro atoms. The fourth-order valence-electron chi connectivity index (χ4n) is 1.83. The van der Waals surface area contributed by atoms with E-state index >= 15 is 0 Å². The number of aliphatic hydroxyl groups excluding tert-OH is 1. The zero-order chi connectivity index (χ0) is 15.4. The number of amides is 1. The fraction of sp³-hybridized carbons (Fsp3) is 0.133. The van der Waals surface area contributed by atoms with Gasteiger partial charge in [-0.25, -0.2) is 0 Å². The van der Waals surface area contributed by atoms with E-state index in [-0.39, 0.29) is 12.5 Å². The Morgan fingerprint density at radius 1 is 1.19 bits per heavy atom. The van der Waals surface area contributed by atoms with Crippen molar-refractivity contribution in [1.82, 2.24) is 5.32 Å². The van der Waals surface area contributed by atoms with E-state index in [1.807, 2.05) is 6.07 Å². The summed E-state index contributed by atoms with van der Waals surface area (Å²) in [5.74, 6) is -0.276. The van der Waals surface area contributed by atoms with Gasteiger partial charge in [0.15, 0.2) is 0 Å². The third-order valence-electron chi connectivity index (χ3n) is 2.92. The first-order valence-electron chi connectivity index (χ1n) is 6.13. The van der Waals surface area contributed by atoms with Crippen LogP contribution < -0.4 is 5.32 Å². The maximum absolute atomic E-state index is 12.2. The first kappa shape index (κ1) is 16.3. The molecule has 2 rings (SSSR count). The molecular formula is C15H12BrCl2NO2. The maximum atomic E-state index is 12.2. The van der Waals surface area contributed by atoms with E-state index in [4.69, 9.17) is 23.2 Å². The third-order valence-corrected chi connectivity index (χ3v) is 4.15. The van der Waals surface area contributed by atoms with E-state index in [2.05, 4.69) is 21.2 Å². The van der Waals surface area contributed by atoms with Crippen molar-refractivity contribution in [3.8, 4) is 0 Å². The van der Waals surface area contributed by atoms with E-state index in [9.17, 15) is 9.90 Å². The molecule has 0 saturated heterocycles. The van der Waals surface area contributed by atoms with Gasteiger partial charge in [0.05, 0.1) is 22.7 Å². The number of carbonyl (C=O) groups is 1. The lowest BCUT2D eigenvalue weighted by Gasteiger charge is -2.17. The summed E-state index contributed by atoms with van der Waals surface area (Å²) in [7, 11) is 0. The molecule has 3 nitrogen and oxygen atoms in total. The molecule has 2 aromatic carbocycles. The van der Waals surface area contributed by atoms with E-state index in [0.717, 1.165) is 4.47 Å². The molecule has 0 radical (unpaired) electrons. The Labute approximate surface area is 141 Å². The molecule has 0 saturated carbocycles. The Balaban J connectivity index is 2.18. The highest BCUT2D eigenvalue weighted by Gasteiger charge is 2.16. The smallest absolute Gasteiger partial charge is 0.251 e. The highest BCUT2D eigenvalue weighted by atomic mass is 79.9. The van der Waals surface area contributed by atoms with Crippen LogP contribution in [0.2, 0.25) is 10.0 Å². The van der Waals surface area contributed by atoms with Crippen LogP contribution in [0.1, 0.15) is 22.0 Å². The van der Waals surface area contributed by atoms with Crippen molar-refractivity contribution in [2.45, 2.75) is 6.04 Å². The number of halogens is 3. The Morgan fingerprint density at radius 2 is 1.95 bits per heavy atom. The molecule has 0 bridgehead atoms. The van der Waals surface area contributed by atoms with Crippen LogP contribution in [0.25, 0.3) is 0 Å². The van der Waals surface area contributed by atoms with Gasteiger partial charge in [-0.1, -0.05) is 51.3 Å². The number of hydrogen-bond acceptors (Lipinski definition) is 2. The first-order chi connectivity index (χ1) is 10.0. The molecule has 0 aliphatic heterocycles. The Bertz CT molecular complexity index is 664. The molecule has 2 aromatic rings. The van der Waals surface area contributed by atoms with Gasteiger partial charge >= 0.3 is 0 Å². The second-order valence-electron chi connectivity index (χ2n) is 4.39. The number of benzene rings is 2. The Hall–Kier alpha value is -1.07. The summed E-state index contributed by atoms with van der Waals surface area (Å²) >= 11 is 15.1. The molecule has 0 aliphatic carbocycles. The van der Waals surface area contributed by atoms with Crippen molar-refractivity contribution >= 4 is 45.0 Å². The van der Waals surface area contributed by atoms with Crippen molar-refractivity contribution in [3.05, 3.63) is 68.1 Å².